The Morgan fingerprint density at radius 2 is 1.83 bits per heavy atom. The lowest BCUT2D eigenvalue weighted by Crippen LogP contribution is -2.23. The Morgan fingerprint density at radius 1 is 1.08 bits per heavy atom. The molecule has 24 heavy (non-hydrogen) atoms. The van der Waals surface area contributed by atoms with E-state index in [0.717, 1.165) is 22.3 Å². The lowest BCUT2D eigenvalue weighted by atomic mass is 10.1. The zero-order valence-corrected chi connectivity index (χ0v) is 13.7. The second-order valence-corrected chi connectivity index (χ2v) is 5.37. The highest BCUT2D eigenvalue weighted by Gasteiger charge is 2.20. The quantitative estimate of drug-likeness (QED) is 0.753. The number of hydrogen-bond acceptors (Lipinski definition) is 4. The predicted octanol–water partition coefficient (Wildman–Crippen LogP) is 3.52. The molecule has 0 saturated carbocycles. The van der Waals surface area contributed by atoms with Gasteiger partial charge in [0.1, 0.15) is 11.3 Å². The van der Waals surface area contributed by atoms with E-state index < -0.39 is 0 Å². The van der Waals surface area contributed by atoms with Gasteiger partial charge in [-0.05, 0) is 23.8 Å². The Bertz CT molecular complexity index is 836. The number of furan rings is 1. The van der Waals surface area contributed by atoms with Crippen molar-refractivity contribution >= 4 is 16.9 Å². The highest BCUT2D eigenvalue weighted by atomic mass is 16.5. The fourth-order valence-electron chi connectivity index (χ4n) is 2.58. The zero-order chi connectivity index (χ0) is 16.9. The summed E-state index contributed by atoms with van der Waals surface area (Å²) in [6, 6.07) is 15.1. The molecule has 2 aromatic carbocycles. The van der Waals surface area contributed by atoms with E-state index in [1.54, 1.807) is 14.2 Å². The summed E-state index contributed by atoms with van der Waals surface area (Å²) in [4.78, 5) is 12.5. The molecule has 0 aliphatic rings. The van der Waals surface area contributed by atoms with Crippen LogP contribution in [0.3, 0.4) is 0 Å². The van der Waals surface area contributed by atoms with Gasteiger partial charge in [0.25, 0.3) is 5.91 Å². The SMILES string of the molecule is COCc1c(C(=O)NCc2ccc(OC)cc2)oc2ccccc12. The number of amides is 1. The van der Waals surface area contributed by atoms with E-state index in [-0.39, 0.29) is 5.91 Å². The summed E-state index contributed by atoms with van der Waals surface area (Å²) < 4.78 is 16.1. The third-order valence-corrected chi connectivity index (χ3v) is 3.81. The van der Waals surface area contributed by atoms with Crippen molar-refractivity contribution < 1.29 is 18.7 Å². The summed E-state index contributed by atoms with van der Waals surface area (Å²) in [5.74, 6) is 0.824. The molecule has 3 rings (SSSR count). The highest BCUT2D eigenvalue weighted by molar-refractivity contribution is 5.99. The smallest absolute Gasteiger partial charge is 0.287 e. The van der Waals surface area contributed by atoms with E-state index in [1.165, 1.54) is 0 Å². The topological polar surface area (TPSA) is 60.7 Å². The van der Waals surface area contributed by atoms with Crippen LogP contribution in [0, 0.1) is 0 Å². The van der Waals surface area contributed by atoms with Crippen LogP contribution in [-0.2, 0) is 17.9 Å². The Hall–Kier alpha value is -2.79. The van der Waals surface area contributed by atoms with E-state index in [2.05, 4.69) is 5.32 Å². The van der Waals surface area contributed by atoms with Gasteiger partial charge in [0.15, 0.2) is 5.76 Å². The van der Waals surface area contributed by atoms with Crippen molar-refractivity contribution in [2.24, 2.45) is 0 Å². The standard InChI is InChI=1S/C19H19NO4/c1-22-12-16-15-5-3-4-6-17(15)24-18(16)19(21)20-11-13-7-9-14(23-2)10-8-13/h3-10H,11-12H2,1-2H3,(H,20,21). The van der Waals surface area contributed by atoms with Crippen LogP contribution in [0.25, 0.3) is 11.0 Å². The molecule has 0 fully saturated rings. The fourth-order valence-corrected chi connectivity index (χ4v) is 2.58. The van der Waals surface area contributed by atoms with Gasteiger partial charge in [-0.2, -0.15) is 0 Å². The predicted molar refractivity (Wildman–Crippen MR) is 91.1 cm³/mol. The van der Waals surface area contributed by atoms with Crippen LogP contribution >= 0.6 is 0 Å². The van der Waals surface area contributed by atoms with E-state index in [1.807, 2.05) is 48.5 Å². The molecular weight excluding hydrogens is 306 g/mol. The van der Waals surface area contributed by atoms with Crippen LogP contribution in [0.2, 0.25) is 0 Å². The molecule has 1 amide bonds. The summed E-state index contributed by atoms with van der Waals surface area (Å²) in [6.45, 7) is 0.731. The van der Waals surface area contributed by atoms with Crippen molar-refractivity contribution in [2.45, 2.75) is 13.2 Å². The summed E-state index contributed by atoms with van der Waals surface area (Å²) in [5.41, 5.74) is 2.42. The number of rotatable bonds is 6. The van der Waals surface area contributed by atoms with Crippen molar-refractivity contribution in [2.75, 3.05) is 14.2 Å². The van der Waals surface area contributed by atoms with E-state index in [9.17, 15) is 4.79 Å². The minimum absolute atomic E-state index is 0.255. The first-order valence-corrected chi connectivity index (χ1v) is 7.63. The average molecular weight is 325 g/mol. The number of ether oxygens (including phenoxy) is 2. The number of fused-ring (bicyclic) bond motifs is 1. The highest BCUT2D eigenvalue weighted by Crippen LogP contribution is 2.26. The van der Waals surface area contributed by atoms with Crippen molar-refractivity contribution in [1.82, 2.24) is 5.32 Å². The maximum absolute atomic E-state index is 12.5. The van der Waals surface area contributed by atoms with Crippen molar-refractivity contribution in [3.63, 3.8) is 0 Å². The molecule has 1 N–H and O–H groups in total. The first kappa shape index (κ1) is 16.1. The molecule has 0 bridgehead atoms. The monoisotopic (exact) mass is 325 g/mol. The molecule has 0 spiro atoms. The van der Waals surface area contributed by atoms with Crippen LogP contribution < -0.4 is 10.1 Å². The molecule has 0 saturated heterocycles. The molecule has 0 aliphatic carbocycles. The summed E-state index contributed by atoms with van der Waals surface area (Å²) in [6.07, 6.45) is 0. The second-order valence-electron chi connectivity index (χ2n) is 5.37. The normalized spacial score (nSPS) is 10.8. The number of carbonyl (C=O) groups is 1. The molecule has 3 aromatic rings. The van der Waals surface area contributed by atoms with E-state index in [0.29, 0.717) is 24.5 Å². The molecule has 0 unspecified atom stereocenters. The number of nitrogens with one attached hydrogen (secondary N) is 1. The fraction of sp³-hybridized carbons (Fsp3) is 0.211. The van der Waals surface area contributed by atoms with Crippen LogP contribution in [-0.4, -0.2) is 20.1 Å². The van der Waals surface area contributed by atoms with Gasteiger partial charge in [-0.1, -0.05) is 30.3 Å². The van der Waals surface area contributed by atoms with Gasteiger partial charge in [-0.15, -0.1) is 0 Å². The largest absolute Gasteiger partial charge is 0.497 e. The molecule has 5 nitrogen and oxygen atoms in total. The Labute approximate surface area is 140 Å². The Balaban J connectivity index is 1.78. The van der Waals surface area contributed by atoms with Crippen LogP contribution in [0.4, 0.5) is 0 Å². The summed E-state index contributed by atoms with van der Waals surface area (Å²) in [7, 11) is 3.22. The van der Waals surface area contributed by atoms with Crippen LogP contribution in [0.15, 0.2) is 52.9 Å². The number of methoxy groups -OCH3 is 2. The van der Waals surface area contributed by atoms with E-state index >= 15 is 0 Å². The van der Waals surface area contributed by atoms with Crippen molar-refractivity contribution in [1.29, 1.82) is 0 Å². The maximum Gasteiger partial charge on any atom is 0.287 e. The van der Waals surface area contributed by atoms with Gasteiger partial charge in [-0.3, -0.25) is 4.79 Å². The van der Waals surface area contributed by atoms with Gasteiger partial charge in [0, 0.05) is 24.6 Å². The third-order valence-electron chi connectivity index (χ3n) is 3.81. The second kappa shape index (κ2) is 7.19. The molecule has 1 aromatic heterocycles. The average Bonchev–Trinajstić information content (AvgIpc) is 2.99. The van der Waals surface area contributed by atoms with Crippen molar-refractivity contribution in [3.05, 3.63) is 65.4 Å². The first-order chi connectivity index (χ1) is 11.7. The molecule has 0 radical (unpaired) electrons. The number of para-hydroxylation sites is 1. The minimum Gasteiger partial charge on any atom is -0.497 e. The third kappa shape index (κ3) is 3.26. The maximum atomic E-state index is 12.5. The Kier molecular flexibility index (Phi) is 4.82. The van der Waals surface area contributed by atoms with Gasteiger partial charge in [0.2, 0.25) is 0 Å². The first-order valence-electron chi connectivity index (χ1n) is 7.63. The van der Waals surface area contributed by atoms with Gasteiger partial charge in [-0.25, -0.2) is 0 Å². The number of hydrogen-bond donors (Lipinski definition) is 1. The van der Waals surface area contributed by atoms with Crippen molar-refractivity contribution in [3.8, 4) is 5.75 Å². The van der Waals surface area contributed by atoms with E-state index in [4.69, 9.17) is 13.9 Å². The van der Waals surface area contributed by atoms with Gasteiger partial charge < -0.3 is 19.2 Å². The van der Waals surface area contributed by atoms with Crippen LogP contribution in [0.1, 0.15) is 21.7 Å². The minimum atomic E-state index is -0.255. The molecular formula is C19H19NO4. The van der Waals surface area contributed by atoms with Gasteiger partial charge >= 0.3 is 0 Å². The lowest BCUT2D eigenvalue weighted by molar-refractivity contribution is 0.0918. The zero-order valence-electron chi connectivity index (χ0n) is 13.7. The summed E-state index contributed by atoms with van der Waals surface area (Å²) >= 11 is 0. The number of benzene rings is 2. The molecule has 0 aliphatic heterocycles. The summed E-state index contributed by atoms with van der Waals surface area (Å²) in [5, 5.41) is 3.78. The molecule has 5 heteroatoms. The molecule has 1 heterocycles. The molecule has 0 atom stereocenters. The van der Waals surface area contributed by atoms with Gasteiger partial charge in [0.05, 0.1) is 13.7 Å². The lowest BCUT2D eigenvalue weighted by Gasteiger charge is -2.06. The Morgan fingerprint density at radius 3 is 2.54 bits per heavy atom. The molecule has 124 valence electrons. The van der Waals surface area contributed by atoms with Crippen LogP contribution in [0.5, 0.6) is 5.75 Å². The number of carbonyl (C=O) groups excluding carboxylic acids is 1.